The molecule has 0 aliphatic rings. The minimum Gasteiger partial charge on any atom is -0.432 e. The number of carbonyl (C=O) groups is 1. The van der Waals surface area contributed by atoms with Crippen molar-refractivity contribution in [1.29, 1.82) is 5.26 Å². The summed E-state index contributed by atoms with van der Waals surface area (Å²) in [5.41, 5.74) is -0.221. The normalized spacial score (nSPS) is 13.4. The fraction of sp³-hybridized carbons (Fsp3) is 0.714. The van der Waals surface area contributed by atoms with Crippen molar-refractivity contribution >= 4 is 5.97 Å². The predicted molar refractivity (Wildman–Crippen MR) is 71.2 cm³/mol. The van der Waals surface area contributed by atoms with Crippen molar-refractivity contribution in [3.63, 3.8) is 0 Å². The second kappa shape index (κ2) is 10.5. The summed E-state index contributed by atoms with van der Waals surface area (Å²) in [7, 11) is 0. The van der Waals surface area contributed by atoms with Crippen LogP contribution in [0, 0.1) is 11.3 Å². The number of nitriles is 1. The first kappa shape index (κ1) is 17.6. The first-order chi connectivity index (χ1) is 9.08. The number of carbonyl (C=O) groups excluding carboxylic acids is 1. The molecule has 0 heterocycles. The van der Waals surface area contributed by atoms with E-state index in [-0.39, 0.29) is 11.7 Å². The Morgan fingerprint density at radius 3 is 2.47 bits per heavy atom. The van der Waals surface area contributed by atoms with Gasteiger partial charge in [0.15, 0.2) is 0 Å². The lowest BCUT2D eigenvalue weighted by Crippen LogP contribution is -2.27. The Bertz CT molecular complexity index is 322. The second-order valence-corrected chi connectivity index (χ2v) is 4.03. The van der Waals surface area contributed by atoms with Crippen molar-refractivity contribution in [2.45, 2.75) is 52.4 Å². The van der Waals surface area contributed by atoms with Crippen molar-refractivity contribution in [3.8, 4) is 6.07 Å². The number of rotatable bonds is 10. The third kappa shape index (κ3) is 7.60. The minimum atomic E-state index is -0.731. The maximum absolute atomic E-state index is 11.4. The minimum absolute atomic E-state index is 0.0118. The largest absolute Gasteiger partial charge is 0.432 e. The van der Waals surface area contributed by atoms with Crippen molar-refractivity contribution < 1.29 is 19.0 Å². The molecule has 19 heavy (non-hydrogen) atoms. The second-order valence-electron chi connectivity index (χ2n) is 4.03. The molecule has 0 aromatic heterocycles. The molecular formula is C14H23NO4. The summed E-state index contributed by atoms with van der Waals surface area (Å²) in [6.45, 7) is 10.2. The van der Waals surface area contributed by atoms with E-state index in [9.17, 15) is 4.79 Å². The van der Waals surface area contributed by atoms with Gasteiger partial charge in [0, 0.05) is 13.0 Å². The molecule has 0 aromatic rings. The van der Waals surface area contributed by atoms with Crippen LogP contribution in [0.3, 0.4) is 0 Å². The summed E-state index contributed by atoms with van der Waals surface area (Å²) >= 11 is 0. The SMILES string of the molecule is C=C(C#N)C(=O)OC(CCC)OCC(CC)OCC. The van der Waals surface area contributed by atoms with Gasteiger partial charge in [-0.05, 0) is 13.3 Å². The van der Waals surface area contributed by atoms with E-state index in [2.05, 4.69) is 6.58 Å². The molecule has 5 heteroatoms. The highest BCUT2D eigenvalue weighted by atomic mass is 16.7. The van der Waals surface area contributed by atoms with Crippen LogP contribution in [0.25, 0.3) is 0 Å². The number of hydrogen-bond donors (Lipinski definition) is 0. The van der Waals surface area contributed by atoms with E-state index < -0.39 is 12.3 Å². The Hall–Kier alpha value is -1.38. The van der Waals surface area contributed by atoms with Crippen LogP contribution in [-0.4, -0.2) is 31.6 Å². The summed E-state index contributed by atoms with van der Waals surface area (Å²) in [5.74, 6) is -0.731. The molecule has 108 valence electrons. The molecule has 0 aliphatic carbocycles. The maximum Gasteiger partial charge on any atom is 0.350 e. The molecule has 0 saturated carbocycles. The van der Waals surface area contributed by atoms with Crippen LogP contribution in [0.4, 0.5) is 0 Å². The summed E-state index contributed by atoms with van der Waals surface area (Å²) in [6, 6.07) is 1.66. The van der Waals surface area contributed by atoms with Gasteiger partial charge in [0.1, 0.15) is 11.6 Å². The Kier molecular flexibility index (Phi) is 9.77. The molecule has 0 fully saturated rings. The zero-order chi connectivity index (χ0) is 14.7. The summed E-state index contributed by atoms with van der Waals surface area (Å²) in [5, 5.41) is 8.56. The van der Waals surface area contributed by atoms with Crippen LogP contribution in [-0.2, 0) is 19.0 Å². The third-order valence-electron chi connectivity index (χ3n) is 2.47. The van der Waals surface area contributed by atoms with E-state index in [0.29, 0.717) is 19.6 Å². The average Bonchev–Trinajstić information content (AvgIpc) is 2.42. The van der Waals surface area contributed by atoms with E-state index in [0.717, 1.165) is 12.8 Å². The highest BCUT2D eigenvalue weighted by molar-refractivity contribution is 5.91. The van der Waals surface area contributed by atoms with Gasteiger partial charge in [-0.1, -0.05) is 26.8 Å². The first-order valence-corrected chi connectivity index (χ1v) is 6.62. The van der Waals surface area contributed by atoms with Gasteiger partial charge in [-0.15, -0.1) is 0 Å². The topological polar surface area (TPSA) is 68.6 Å². The quantitative estimate of drug-likeness (QED) is 0.264. The van der Waals surface area contributed by atoms with Gasteiger partial charge in [0.2, 0.25) is 6.29 Å². The van der Waals surface area contributed by atoms with Crippen LogP contribution in [0.15, 0.2) is 12.2 Å². The fourth-order valence-corrected chi connectivity index (χ4v) is 1.38. The number of hydrogen-bond acceptors (Lipinski definition) is 5. The fourth-order valence-electron chi connectivity index (χ4n) is 1.38. The van der Waals surface area contributed by atoms with Crippen LogP contribution in [0.2, 0.25) is 0 Å². The van der Waals surface area contributed by atoms with Gasteiger partial charge in [-0.2, -0.15) is 5.26 Å². The Balaban J connectivity index is 4.29. The lowest BCUT2D eigenvalue weighted by molar-refractivity contribution is -0.182. The molecule has 0 rings (SSSR count). The third-order valence-corrected chi connectivity index (χ3v) is 2.47. The first-order valence-electron chi connectivity index (χ1n) is 6.62. The van der Waals surface area contributed by atoms with E-state index >= 15 is 0 Å². The van der Waals surface area contributed by atoms with E-state index in [1.807, 2.05) is 20.8 Å². The molecule has 0 saturated heterocycles. The van der Waals surface area contributed by atoms with Crippen LogP contribution in [0.5, 0.6) is 0 Å². The lowest BCUT2D eigenvalue weighted by Gasteiger charge is -2.21. The van der Waals surface area contributed by atoms with Crippen molar-refractivity contribution in [2.24, 2.45) is 0 Å². The molecule has 0 amide bonds. The molecule has 2 atom stereocenters. The van der Waals surface area contributed by atoms with Crippen molar-refractivity contribution in [3.05, 3.63) is 12.2 Å². The monoisotopic (exact) mass is 269 g/mol. The van der Waals surface area contributed by atoms with Crippen LogP contribution < -0.4 is 0 Å². The molecule has 0 aliphatic heterocycles. The van der Waals surface area contributed by atoms with Gasteiger partial charge < -0.3 is 14.2 Å². The zero-order valence-corrected chi connectivity index (χ0v) is 12.0. The molecular weight excluding hydrogens is 246 g/mol. The molecule has 5 nitrogen and oxygen atoms in total. The van der Waals surface area contributed by atoms with E-state index in [1.165, 1.54) is 0 Å². The number of ether oxygens (including phenoxy) is 3. The van der Waals surface area contributed by atoms with Gasteiger partial charge in [0.25, 0.3) is 0 Å². The summed E-state index contributed by atoms with van der Waals surface area (Å²) in [4.78, 5) is 11.4. The molecule has 0 radical (unpaired) electrons. The Labute approximate surface area is 115 Å². The standard InChI is InChI=1S/C14H23NO4/c1-5-8-13(19-14(16)11(4)9-15)18-10-12(6-2)17-7-3/h12-13H,4-8,10H2,1-3H3. The predicted octanol–water partition coefficient (Wildman–Crippen LogP) is 2.57. The number of nitrogens with zero attached hydrogens (tertiary/aromatic N) is 1. The number of esters is 1. The summed E-state index contributed by atoms with van der Waals surface area (Å²) < 4.78 is 16.1. The molecule has 0 bridgehead atoms. The molecule has 2 unspecified atom stereocenters. The molecule has 0 N–H and O–H groups in total. The zero-order valence-electron chi connectivity index (χ0n) is 12.0. The van der Waals surface area contributed by atoms with Crippen molar-refractivity contribution in [1.82, 2.24) is 0 Å². The van der Waals surface area contributed by atoms with Crippen LogP contribution >= 0.6 is 0 Å². The molecule has 0 aromatic carbocycles. The van der Waals surface area contributed by atoms with Gasteiger partial charge in [-0.25, -0.2) is 4.79 Å². The highest BCUT2D eigenvalue weighted by Gasteiger charge is 2.18. The highest BCUT2D eigenvalue weighted by Crippen LogP contribution is 2.09. The average molecular weight is 269 g/mol. The van der Waals surface area contributed by atoms with E-state index in [4.69, 9.17) is 19.5 Å². The van der Waals surface area contributed by atoms with Crippen LogP contribution in [0.1, 0.15) is 40.0 Å². The smallest absolute Gasteiger partial charge is 0.350 e. The van der Waals surface area contributed by atoms with Crippen molar-refractivity contribution in [2.75, 3.05) is 13.2 Å². The van der Waals surface area contributed by atoms with Gasteiger partial charge in [0.05, 0.1) is 12.7 Å². The Morgan fingerprint density at radius 2 is 2.00 bits per heavy atom. The molecule has 0 spiro atoms. The maximum atomic E-state index is 11.4. The Morgan fingerprint density at radius 1 is 1.32 bits per heavy atom. The summed E-state index contributed by atoms with van der Waals surface area (Å²) in [6.07, 6.45) is 1.54. The van der Waals surface area contributed by atoms with Gasteiger partial charge in [-0.3, -0.25) is 0 Å². The van der Waals surface area contributed by atoms with E-state index in [1.54, 1.807) is 6.07 Å². The lowest BCUT2D eigenvalue weighted by atomic mass is 10.3. The van der Waals surface area contributed by atoms with Gasteiger partial charge >= 0.3 is 5.97 Å².